The number of likely N-dealkylation sites (N-methyl/N-ethyl adjacent to an activating group) is 1. The van der Waals surface area contributed by atoms with Crippen LogP contribution in [0.5, 0.6) is 0 Å². The van der Waals surface area contributed by atoms with E-state index in [-0.39, 0.29) is 0 Å². The van der Waals surface area contributed by atoms with E-state index in [9.17, 15) is 0 Å². The van der Waals surface area contributed by atoms with Gasteiger partial charge in [-0.25, -0.2) is 0 Å². The molecule has 2 fully saturated rings. The van der Waals surface area contributed by atoms with Gasteiger partial charge in [-0.05, 0) is 30.8 Å². The summed E-state index contributed by atoms with van der Waals surface area (Å²) in [5.41, 5.74) is 4.88. The van der Waals surface area contributed by atoms with E-state index in [0.717, 1.165) is 12.5 Å². The molecule has 0 spiro atoms. The molecule has 2 aliphatic rings. The van der Waals surface area contributed by atoms with Crippen LogP contribution in [0.2, 0.25) is 0 Å². The Kier molecular flexibility index (Phi) is 2.76. The monoisotopic (exact) mass is 304 g/mol. The molecule has 2 saturated heterocycles. The average Bonchev–Trinajstić information content (AvgIpc) is 3.14. The van der Waals surface area contributed by atoms with Crippen LogP contribution in [-0.4, -0.2) is 47.6 Å². The third-order valence-electron chi connectivity index (χ3n) is 5.38. The fourth-order valence-corrected chi connectivity index (χ4v) is 4.21. The molecule has 0 unspecified atom stereocenters. The molecule has 116 valence electrons. The van der Waals surface area contributed by atoms with Gasteiger partial charge in [0.1, 0.15) is 0 Å². The quantitative estimate of drug-likeness (QED) is 0.790. The zero-order valence-electron chi connectivity index (χ0n) is 13.2. The second kappa shape index (κ2) is 4.83. The molecule has 0 saturated carbocycles. The van der Waals surface area contributed by atoms with Crippen molar-refractivity contribution >= 4 is 16.6 Å². The number of pyridine rings is 1. The van der Waals surface area contributed by atoms with Gasteiger partial charge < -0.3 is 14.8 Å². The summed E-state index contributed by atoms with van der Waals surface area (Å²) in [6.07, 6.45) is 5.98. The second-order valence-electron chi connectivity index (χ2n) is 6.88. The smallest absolute Gasteiger partial charge is 0.0562 e. The van der Waals surface area contributed by atoms with Crippen LogP contribution >= 0.6 is 0 Å². The van der Waals surface area contributed by atoms with Gasteiger partial charge in [0.05, 0.1) is 11.9 Å². The van der Waals surface area contributed by atoms with E-state index in [0.29, 0.717) is 6.04 Å². The molecular formula is C19H20N4. The Balaban J connectivity index is 1.53. The lowest BCUT2D eigenvalue weighted by Crippen LogP contribution is -2.55. The third kappa shape index (κ3) is 1.98. The van der Waals surface area contributed by atoms with Crippen LogP contribution in [0.3, 0.4) is 0 Å². The number of likely N-dealkylation sites (tertiary alicyclic amines) is 1. The number of nitrogens with one attached hydrogen (secondary N) is 1. The zero-order chi connectivity index (χ0) is 15.4. The molecule has 4 heteroatoms. The van der Waals surface area contributed by atoms with Crippen LogP contribution in [0.1, 0.15) is 0 Å². The van der Waals surface area contributed by atoms with E-state index in [1.165, 1.54) is 40.8 Å². The van der Waals surface area contributed by atoms with Crippen molar-refractivity contribution in [2.24, 2.45) is 5.92 Å². The Labute approximate surface area is 135 Å². The van der Waals surface area contributed by atoms with Crippen molar-refractivity contribution in [3.05, 3.63) is 48.9 Å². The molecule has 2 atom stereocenters. The lowest BCUT2D eigenvalue weighted by Gasteiger charge is -2.45. The fraction of sp³-hybridized carbons (Fsp3) is 0.316. The lowest BCUT2D eigenvalue weighted by molar-refractivity contribution is 0.361. The molecule has 3 aromatic rings. The molecule has 2 aliphatic heterocycles. The van der Waals surface area contributed by atoms with Gasteiger partial charge in [-0.15, -0.1) is 0 Å². The molecule has 0 radical (unpaired) electrons. The molecule has 23 heavy (non-hydrogen) atoms. The van der Waals surface area contributed by atoms with Crippen molar-refractivity contribution in [1.82, 2.24) is 14.9 Å². The number of rotatable bonds is 2. The summed E-state index contributed by atoms with van der Waals surface area (Å²) in [6, 6.07) is 11.5. The summed E-state index contributed by atoms with van der Waals surface area (Å²) >= 11 is 0. The second-order valence-corrected chi connectivity index (χ2v) is 6.88. The number of aromatic nitrogens is 2. The summed E-state index contributed by atoms with van der Waals surface area (Å²) in [5.74, 6) is 0.830. The topological polar surface area (TPSA) is 35.2 Å². The molecule has 0 amide bonds. The maximum Gasteiger partial charge on any atom is 0.0562 e. The molecule has 1 aromatic carbocycles. The van der Waals surface area contributed by atoms with Gasteiger partial charge in [0.25, 0.3) is 0 Å². The Morgan fingerprint density at radius 2 is 2.09 bits per heavy atom. The molecule has 4 heterocycles. The minimum atomic E-state index is 0.667. The van der Waals surface area contributed by atoms with Crippen LogP contribution < -0.4 is 4.90 Å². The molecule has 0 bridgehead atoms. The van der Waals surface area contributed by atoms with Crippen molar-refractivity contribution < 1.29 is 0 Å². The first-order valence-electron chi connectivity index (χ1n) is 8.26. The summed E-state index contributed by atoms with van der Waals surface area (Å²) in [4.78, 5) is 12.8. The Hall–Kier alpha value is -2.33. The third-order valence-corrected chi connectivity index (χ3v) is 5.38. The summed E-state index contributed by atoms with van der Waals surface area (Å²) < 4.78 is 0. The van der Waals surface area contributed by atoms with Crippen molar-refractivity contribution in [1.29, 1.82) is 0 Å². The van der Waals surface area contributed by atoms with E-state index in [1.54, 1.807) is 0 Å². The van der Waals surface area contributed by atoms with E-state index in [2.05, 4.69) is 57.1 Å². The minimum Gasteiger partial charge on any atom is -0.365 e. The number of hydrogen-bond acceptors (Lipinski definition) is 3. The fourth-order valence-electron chi connectivity index (χ4n) is 4.21. The molecular weight excluding hydrogens is 284 g/mol. The van der Waals surface area contributed by atoms with Gasteiger partial charge in [-0.1, -0.05) is 12.1 Å². The molecule has 4 nitrogen and oxygen atoms in total. The van der Waals surface area contributed by atoms with Crippen molar-refractivity contribution in [3.63, 3.8) is 0 Å². The van der Waals surface area contributed by atoms with E-state index < -0.39 is 0 Å². The normalized spacial score (nSPS) is 24.0. The van der Waals surface area contributed by atoms with Crippen LogP contribution in [0.15, 0.2) is 48.9 Å². The SMILES string of the molecule is CN1C[C@@H]2CN(c3cncc(-c4cccc5[nH]ccc45)c3)[C@@H]2C1. The maximum atomic E-state index is 4.52. The van der Waals surface area contributed by atoms with Crippen molar-refractivity contribution in [3.8, 4) is 11.1 Å². The van der Waals surface area contributed by atoms with Gasteiger partial charge in [0.2, 0.25) is 0 Å². The number of fused-ring (bicyclic) bond motifs is 2. The van der Waals surface area contributed by atoms with Gasteiger partial charge in [-0.2, -0.15) is 0 Å². The summed E-state index contributed by atoms with van der Waals surface area (Å²) in [5, 5.41) is 1.26. The van der Waals surface area contributed by atoms with Gasteiger partial charge in [0.15, 0.2) is 0 Å². The Bertz CT molecular complexity index is 868. The molecule has 5 rings (SSSR count). The maximum absolute atomic E-state index is 4.52. The predicted octanol–water partition coefficient (Wildman–Crippen LogP) is 2.98. The Morgan fingerprint density at radius 3 is 3.00 bits per heavy atom. The number of nitrogens with zero attached hydrogens (tertiary/aromatic N) is 3. The van der Waals surface area contributed by atoms with Crippen LogP contribution in [0.4, 0.5) is 5.69 Å². The lowest BCUT2D eigenvalue weighted by atomic mass is 9.91. The number of hydrogen-bond donors (Lipinski definition) is 1. The molecule has 1 N–H and O–H groups in total. The van der Waals surface area contributed by atoms with E-state index in [1.807, 2.05) is 18.6 Å². The minimum absolute atomic E-state index is 0.667. The number of aromatic amines is 1. The number of H-pyrrole nitrogens is 1. The van der Waals surface area contributed by atoms with Crippen molar-refractivity contribution in [2.45, 2.75) is 6.04 Å². The average molecular weight is 304 g/mol. The van der Waals surface area contributed by atoms with Crippen LogP contribution in [0, 0.1) is 5.92 Å². The zero-order valence-corrected chi connectivity index (χ0v) is 13.2. The van der Waals surface area contributed by atoms with E-state index >= 15 is 0 Å². The Morgan fingerprint density at radius 1 is 1.13 bits per heavy atom. The van der Waals surface area contributed by atoms with E-state index in [4.69, 9.17) is 0 Å². The molecule has 2 aromatic heterocycles. The highest BCUT2D eigenvalue weighted by Gasteiger charge is 2.44. The highest BCUT2D eigenvalue weighted by atomic mass is 15.3. The largest absolute Gasteiger partial charge is 0.365 e. The first-order chi connectivity index (χ1) is 11.3. The number of anilines is 1. The van der Waals surface area contributed by atoms with Gasteiger partial charge >= 0.3 is 0 Å². The standard InChI is InChI=1S/C19H20N4/c1-22-10-14-11-23(19(14)12-22)15-7-13(8-20-9-15)16-3-2-4-18-17(16)5-6-21-18/h2-9,14,19,21H,10-12H2,1H3/t14-,19-/m1/s1. The summed E-state index contributed by atoms with van der Waals surface area (Å²) in [7, 11) is 2.22. The predicted molar refractivity (Wildman–Crippen MR) is 93.7 cm³/mol. The first kappa shape index (κ1) is 13.1. The summed E-state index contributed by atoms with van der Waals surface area (Å²) in [6.45, 7) is 3.56. The molecule has 0 aliphatic carbocycles. The van der Waals surface area contributed by atoms with Crippen molar-refractivity contribution in [2.75, 3.05) is 31.6 Å². The number of benzene rings is 1. The van der Waals surface area contributed by atoms with Gasteiger partial charge in [0, 0.05) is 60.5 Å². The van der Waals surface area contributed by atoms with Crippen LogP contribution in [0.25, 0.3) is 22.0 Å². The highest BCUT2D eigenvalue weighted by Crippen LogP contribution is 2.37. The first-order valence-corrected chi connectivity index (χ1v) is 8.26. The van der Waals surface area contributed by atoms with Crippen LogP contribution in [-0.2, 0) is 0 Å². The van der Waals surface area contributed by atoms with Gasteiger partial charge in [-0.3, -0.25) is 4.98 Å². The highest BCUT2D eigenvalue weighted by molar-refractivity contribution is 5.95.